The molecule has 0 saturated carbocycles. The van der Waals surface area contributed by atoms with Gasteiger partial charge in [0.25, 0.3) is 5.91 Å². The lowest BCUT2D eigenvalue weighted by molar-refractivity contribution is 0.100. The van der Waals surface area contributed by atoms with Gasteiger partial charge in [0, 0.05) is 13.0 Å². The first-order valence-electron chi connectivity index (χ1n) is 5.21. The average Bonchev–Trinajstić information content (AvgIpc) is 2.84. The van der Waals surface area contributed by atoms with E-state index in [1.54, 1.807) is 0 Å². The monoisotopic (exact) mass is 248 g/mol. The van der Waals surface area contributed by atoms with E-state index >= 15 is 0 Å². The second kappa shape index (κ2) is 5.13. The number of nitrogen functional groups attached to an aromatic ring is 1. The fourth-order valence-corrected chi connectivity index (χ4v) is 1.40. The highest BCUT2D eigenvalue weighted by Gasteiger charge is 2.10. The molecule has 8 nitrogen and oxygen atoms in total. The number of carbonyl (C=O) groups is 1. The van der Waals surface area contributed by atoms with Gasteiger partial charge in [-0.2, -0.15) is 4.98 Å². The number of primary amides is 1. The van der Waals surface area contributed by atoms with Crippen LogP contribution < -0.4 is 16.8 Å². The molecule has 5 N–H and O–H groups in total. The van der Waals surface area contributed by atoms with Crippen LogP contribution in [-0.4, -0.2) is 27.6 Å². The Balaban J connectivity index is 2.02. The lowest BCUT2D eigenvalue weighted by Gasteiger charge is -2.08. The second-order valence-electron chi connectivity index (χ2n) is 3.54. The SMILES string of the molecule is NC(=O)c1cc(N)cnc1NCCc1ncno1. The third-order valence-electron chi connectivity index (χ3n) is 2.21. The molecule has 18 heavy (non-hydrogen) atoms. The summed E-state index contributed by atoms with van der Waals surface area (Å²) >= 11 is 0. The molecular weight excluding hydrogens is 236 g/mol. The Morgan fingerprint density at radius 1 is 1.44 bits per heavy atom. The number of aromatic nitrogens is 3. The van der Waals surface area contributed by atoms with Crippen LogP contribution in [0.5, 0.6) is 0 Å². The van der Waals surface area contributed by atoms with E-state index in [2.05, 4.69) is 20.4 Å². The molecule has 2 aromatic heterocycles. The Morgan fingerprint density at radius 2 is 2.28 bits per heavy atom. The molecule has 0 aliphatic heterocycles. The van der Waals surface area contributed by atoms with Crippen LogP contribution in [0.1, 0.15) is 16.2 Å². The van der Waals surface area contributed by atoms with Gasteiger partial charge >= 0.3 is 0 Å². The molecule has 2 rings (SSSR count). The van der Waals surface area contributed by atoms with Crippen LogP contribution in [0.2, 0.25) is 0 Å². The van der Waals surface area contributed by atoms with Crippen molar-refractivity contribution in [1.82, 2.24) is 15.1 Å². The highest BCUT2D eigenvalue weighted by molar-refractivity contribution is 5.98. The summed E-state index contributed by atoms with van der Waals surface area (Å²) in [6, 6.07) is 1.48. The Labute approximate surface area is 102 Å². The Bertz CT molecular complexity index is 539. The minimum absolute atomic E-state index is 0.250. The number of nitrogens with one attached hydrogen (secondary N) is 1. The number of hydrogen-bond donors (Lipinski definition) is 3. The van der Waals surface area contributed by atoms with Gasteiger partial charge in [-0.05, 0) is 6.07 Å². The van der Waals surface area contributed by atoms with Gasteiger partial charge in [-0.15, -0.1) is 0 Å². The minimum Gasteiger partial charge on any atom is -0.397 e. The van der Waals surface area contributed by atoms with Gasteiger partial charge in [0.15, 0.2) is 6.33 Å². The van der Waals surface area contributed by atoms with E-state index in [1.807, 2.05) is 0 Å². The molecule has 8 heteroatoms. The van der Waals surface area contributed by atoms with Gasteiger partial charge in [0.1, 0.15) is 5.82 Å². The molecule has 0 radical (unpaired) electrons. The molecule has 0 aliphatic rings. The maximum absolute atomic E-state index is 11.2. The van der Waals surface area contributed by atoms with Crippen molar-refractivity contribution in [3.05, 3.63) is 30.0 Å². The minimum atomic E-state index is -0.588. The zero-order valence-corrected chi connectivity index (χ0v) is 9.46. The number of amides is 1. The van der Waals surface area contributed by atoms with Crippen LogP contribution in [0.4, 0.5) is 11.5 Å². The van der Waals surface area contributed by atoms with Crippen molar-refractivity contribution < 1.29 is 9.32 Å². The summed E-state index contributed by atoms with van der Waals surface area (Å²) in [5, 5.41) is 6.45. The molecule has 0 saturated heterocycles. The first kappa shape index (κ1) is 11.8. The van der Waals surface area contributed by atoms with Gasteiger partial charge in [-0.1, -0.05) is 5.16 Å². The molecule has 0 bridgehead atoms. The maximum atomic E-state index is 11.2. The number of nitrogens with zero attached hydrogens (tertiary/aromatic N) is 3. The average molecular weight is 248 g/mol. The summed E-state index contributed by atoms with van der Waals surface area (Å²) < 4.78 is 4.84. The maximum Gasteiger partial charge on any atom is 0.252 e. The predicted molar refractivity (Wildman–Crippen MR) is 63.7 cm³/mol. The molecule has 2 aromatic rings. The van der Waals surface area contributed by atoms with Crippen molar-refractivity contribution in [1.29, 1.82) is 0 Å². The molecule has 0 spiro atoms. The summed E-state index contributed by atoms with van der Waals surface area (Å²) in [4.78, 5) is 19.1. The number of anilines is 2. The normalized spacial score (nSPS) is 10.2. The van der Waals surface area contributed by atoms with Crippen molar-refractivity contribution in [2.45, 2.75) is 6.42 Å². The fourth-order valence-electron chi connectivity index (χ4n) is 1.40. The van der Waals surface area contributed by atoms with Crippen LogP contribution >= 0.6 is 0 Å². The summed E-state index contributed by atoms with van der Waals surface area (Å²) in [5.41, 5.74) is 11.4. The largest absolute Gasteiger partial charge is 0.397 e. The van der Waals surface area contributed by atoms with Crippen LogP contribution in [0.25, 0.3) is 0 Å². The van der Waals surface area contributed by atoms with Crippen LogP contribution in [-0.2, 0) is 6.42 Å². The fraction of sp³-hybridized carbons (Fsp3) is 0.200. The Kier molecular flexibility index (Phi) is 3.37. The first-order valence-corrected chi connectivity index (χ1v) is 5.21. The van der Waals surface area contributed by atoms with E-state index < -0.39 is 5.91 Å². The van der Waals surface area contributed by atoms with E-state index in [0.717, 1.165) is 0 Å². The highest BCUT2D eigenvalue weighted by atomic mass is 16.5. The second-order valence-corrected chi connectivity index (χ2v) is 3.54. The number of nitrogens with two attached hydrogens (primary N) is 2. The van der Waals surface area contributed by atoms with E-state index in [-0.39, 0.29) is 5.56 Å². The predicted octanol–water partition coefficient (Wildman–Crippen LogP) is -0.200. The van der Waals surface area contributed by atoms with Gasteiger partial charge in [0.05, 0.1) is 17.4 Å². The summed E-state index contributed by atoms with van der Waals surface area (Å²) in [5.74, 6) is 0.296. The molecule has 0 fully saturated rings. The molecule has 94 valence electrons. The van der Waals surface area contributed by atoms with E-state index in [9.17, 15) is 4.79 Å². The molecule has 0 unspecified atom stereocenters. The molecular formula is C10H12N6O2. The van der Waals surface area contributed by atoms with Crippen LogP contribution in [0, 0.1) is 0 Å². The highest BCUT2D eigenvalue weighted by Crippen LogP contribution is 2.14. The smallest absolute Gasteiger partial charge is 0.252 e. The third-order valence-corrected chi connectivity index (χ3v) is 2.21. The third kappa shape index (κ3) is 2.73. The zero-order chi connectivity index (χ0) is 13.0. The topological polar surface area (TPSA) is 133 Å². The Hall–Kier alpha value is -2.64. The van der Waals surface area contributed by atoms with E-state index in [4.69, 9.17) is 16.0 Å². The Morgan fingerprint density at radius 3 is 2.94 bits per heavy atom. The molecule has 0 aromatic carbocycles. The number of rotatable bonds is 5. The number of hydrogen-bond acceptors (Lipinski definition) is 7. The lowest BCUT2D eigenvalue weighted by Crippen LogP contribution is -2.17. The van der Waals surface area contributed by atoms with Crippen molar-refractivity contribution in [2.75, 3.05) is 17.6 Å². The number of pyridine rings is 1. The van der Waals surface area contributed by atoms with Crippen molar-refractivity contribution >= 4 is 17.4 Å². The first-order chi connectivity index (χ1) is 8.66. The van der Waals surface area contributed by atoms with Crippen molar-refractivity contribution in [3.8, 4) is 0 Å². The van der Waals surface area contributed by atoms with E-state index in [1.165, 1.54) is 18.6 Å². The summed E-state index contributed by atoms with van der Waals surface area (Å²) in [6.07, 6.45) is 3.29. The zero-order valence-electron chi connectivity index (χ0n) is 9.46. The summed E-state index contributed by atoms with van der Waals surface area (Å²) in [7, 11) is 0. The standard InChI is InChI=1S/C10H12N6O2/c11-6-3-7(9(12)17)10(14-4-6)13-2-1-8-15-5-16-18-8/h3-5H,1-2,11H2,(H2,12,17)(H,13,14). The lowest BCUT2D eigenvalue weighted by atomic mass is 10.2. The van der Waals surface area contributed by atoms with Gasteiger partial charge in [-0.25, -0.2) is 4.98 Å². The summed E-state index contributed by atoms with van der Waals surface area (Å²) in [6.45, 7) is 0.486. The van der Waals surface area contributed by atoms with Gasteiger partial charge < -0.3 is 21.3 Å². The van der Waals surface area contributed by atoms with Crippen molar-refractivity contribution in [2.24, 2.45) is 5.73 Å². The van der Waals surface area contributed by atoms with Crippen molar-refractivity contribution in [3.63, 3.8) is 0 Å². The van der Waals surface area contributed by atoms with Gasteiger partial charge in [0.2, 0.25) is 5.89 Å². The number of carbonyl (C=O) groups excluding carboxylic acids is 1. The van der Waals surface area contributed by atoms with Gasteiger partial charge in [-0.3, -0.25) is 4.79 Å². The molecule has 1 amide bonds. The molecule has 0 atom stereocenters. The molecule has 2 heterocycles. The van der Waals surface area contributed by atoms with Crippen LogP contribution in [0.3, 0.4) is 0 Å². The van der Waals surface area contributed by atoms with E-state index in [0.29, 0.717) is 30.4 Å². The van der Waals surface area contributed by atoms with Crippen LogP contribution in [0.15, 0.2) is 23.1 Å². The molecule has 0 aliphatic carbocycles. The quantitative estimate of drug-likeness (QED) is 0.667.